The molecule has 4 heteroatoms. The van der Waals surface area contributed by atoms with Crippen molar-refractivity contribution in [2.45, 2.75) is 43.4 Å². The number of halogens is 2. The van der Waals surface area contributed by atoms with E-state index in [2.05, 4.69) is 0 Å². The van der Waals surface area contributed by atoms with Crippen LogP contribution in [0.15, 0.2) is 18.2 Å². The zero-order chi connectivity index (χ0) is 13.0. The van der Waals surface area contributed by atoms with Crippen LogP contribution in [-0.2, 0) is 23.1 Å². The Kier molecular flexibility index (Phi) is 2.28. The molecular formula is C14H14F2O2. The Morgan fingerprint density at radius 1 is 1.22 bits per heavy atom. The third-order valence-electron chi connectivity index (χ3n) is 4.21. The number of benzene rings is 1. The van der Waals surface area contributed by atoms with Gasteiger partial charge in [0.2, 0.25) is 0 Å². The van der Waals surface area contributed by atoms with Gasteiger partial charge < -0.3 is 5.11 Å². The number of aryl methyl sites for hydroxylation is 1. The van der Waals surface area contributed by atoms with Gasteiger partial charge in [0.15, 0.2) is 5.41 Å². The number of carboxylic acid groups (broad SMARTS) is 1. The largest absolute Gasteiger partial charge is 0.480 e. The van der Waals surface area contributed by atoms with Crippen molar-refractivity contribution >= 4 is 5.97 Å². The van der Waals surface area contributed by atoms with E-state index < -0.39 is 23.7 Å². The molecule has 18 heavy (non-hydrogen) atoms. The average Bonchev–Trinajstić information content (AvgIpc) is 2.93. The van der Waals surface area contributed by atoms with Gasteiger partial charge in [-0.2, -0.15) is 0 Å². The summed E-state index contributed by atoms with van der Waals surface area (Å²) in [7, 11) is 0. The van der Waals surface area contributed by atoms with E-state index in [9.17, 15) is 18.7 Å². The molecule has 1 atom stereocenters. The Bertz CT molecular complexity index is 525. The van der Waals surface area contributed by atoms with E-state index in [0.717, 1.165) is 36.8 Å². The van der Waals surface area contributed by atoms with E-state index >= 15 is 0 Å². The maximum atomic E-state index is 13.6. The molecule has 2 aliphatic rings. The van der Waals surface area contributed by atoms with Gasteiger partial charge in [-0.15, -0.1) is 0 Å². The van der Waals surface area contributed by atoms with Gasteiger partial charge in [-0.3, -0.25) is 4.79 Å². The van der Waals surface area contributed by atoms with Gasteiger partial charge in [-0.25, -0.2) is 8.78 Å². The van der Waals surface area contributed by atoms with E-state index in [1.165, 1.54) is 0 Å². The smallest absolute Gasteiger partial charge is 0.320 e. The summed E-state index contributed by atoms with van der Waals surface area (Å²) in [5.41, 5.74) is 0.276. The summed E-state index contributed by atoms with van der Waals surface area (Å²) in [5.74, 6) is -4.50. The van der Waals surface area contributed by atoms with E-state index in [1.807, 2.05) is 6.07 Å². The second-order valence-electron chi connectivity index (χ2n) is 5.24. The van der Waals surface area contributed by atoms with Crippen LogP contribution in [0.3, 0.4) is 0 Å². The molecule has 3 rings (SSSR count). The first-order valence-electron chi connectivity index (χ1n) is 6.21. The molecule has 0 aromatic heterocycles. The molecular weight excluding hydrogens is 238 g/mol. The SMILES string of the molecule is O=C(O)C1(c2cccc3c2CCCC3)CC1(F)F. The van der Waals surface area contributed by atoms with Crippen molar-refractivity contribution in [2.75, 3.05) is 0 Å². The Balaban J connectivity index is 2.15. The number of hydrogen-bond donors (Lipinski definition) is 1. The second-order valence-corrected chi connectivity index (χ2v) is 5.24. The number of carbonyl (C=O) groups is 1. The standard InChI is InChI=1S/C14H14F2O2/c15-14(16)8-13(14,12(17)18)11-7-3-5-9-4-1-2-6-10(9)11/h3,5,7H,1-2,4,6,8H2,(H,17,18). The predicted octanol–water partition coefficient (Wildman–Crippen LogP) is 2.93. The number of fused-ring (bicyclic) bond motifs is 1. The molecule has 1 fully saturated rings. The van der Waals surface area contributed by atoms with Gasteiger partial charge in [-0.1, -0.05) is 18.2 Å². The molecule has 96 valence electrons. The van der Waals surface area contributed by atoms with Crippen molar-refractivity contribution in [3.05, 3.63) is 34.9 Å². The molecule has 0 radical (unpaired) electrons. The molecule has 0 bridgehead atoms. The zero-order valence-corrected chi connectivity index (χ0v) is 9.88. The van der Waals surface area contributed by atoms with Gasteiger partial charge in [0, 0.05) is 6.42 Å². The summed E-state index contributed by atoms with van der Waals surface area (Å²) >= 11 is 0. The summed E-state index contributed by atoms with van der Waals surface area (Å²) in [6.45, 7) is 0. The van der Waals surface area contributed by atoms with Gasteiger partial charge in [0.1, 0.15) is 0 Å². The lowest BCUT2D eigenvalue weighted by atomic mass is 9.82. The Morgan fingerprint density at radius 2 is 1.89 bits per heavy atom. The maximum Gasteiger partial charge on any atom is 0.320 e. The molecule has 0 spiro atoms. The summed E-state index contributed by atoms with van der Waals surface area (Å²) in [6, 6.07) is 5.20. The molecule has 0 heterocycles. The molecule has 1 aromatic rings. The zero-order valence-electron chi connectivity index (χ0n) is 9.88. The normalized spacial score (nSPS) is 28.6. The molecule has 2 nitrogen and oxygen atoms in total. The summed E-state index contributed by atoms with van der Waals surface area (Å²) in [4.78, 5) is 11.3. The van der Waals surface area contributed by atoms with Crippen LogP contribution in [0.25, 0.3) is 0 Å². The predicted molar refractivity (Wildman–Crippen MR) is 62.0 cm³/mol. The molecule has 2 aliphatic carbocycles. The average molecular weight is 252 g/mol. The molecule has 0 amide bonds. The summed E-state index contributed by atoms with van der Waals surface area (Å²) < 4.78 is 27.2. The number of hydrogen-bond acceptors (Lipinski definition) is 1. The molecule has 1 N–H and O–H groups in total. The highest BCUT2D eigenvalue weighted by molar-refractivity contribution is 5.88. The first-order chi connectivity index (χ1) is 8.49. The lowest BCUT2D eigenvalue weighted by Gasteiger charge is -2.22. The second kappa shape index (κ2) is 3.53. The van der Waals surface area contributed by atoms with Crippen LogP contribution in [0.1, 0.15) is 36.0 Å². The van der Waals surface area contributed by atoms with Crippen LogP contribution >= 0.6 is 0 Å². The minimum absolute atomic E-state index is 0.345. The molecule has 1 unspecified atom stereocenters. The first-order valence-corrected chi connectivity index (χ1v) is 6.21. The van der Waals surface area contributed by atoms with Crippen LogP contribution in [0, 0.1) is 0 Å². The lowest BCUT2D eigenvalue weighted by Crippen LogP contribution is -2.29. The molecule has 0 aliphatic heterocycles. The lowest BCUT2D eigenvalue weighted by molar-refractivity contribution is -0.143. The van der Waals surface area contributed by atoms with Crippen LogP contribution in [-0.4, -0.2) is 17.0 Å². The fraction of sp³-hybridized carbons (Fsp3) is 0.500. The monoisotopic (exact) mass is 252 g/mol. The van der Waals surface area contributed by atoms with Crippen LogP contribution in [0.2, 0.25) is 0 Å². The number of carboxylic acids is 1. The Labute approximate surface area is 104 Å². The Morgan fingerprint density at radius 3 is 2.50 bits per heavy atom. The minimum atomic E-state index is -3.11. The Hall–Kier alpha value is -1.45. The highest BCUT2D eigenvalue weighted by Gasteiger charge is 2.77. The third-order valence-corrected chi connectivity index (χ3v) is 4.21. The maximum absolute atomic E-state index is 13.6. The van der Waals surface area contributed by atoms with Gasteiger partial charge in [0.05, 0.1) is 0 Å². The van der Waals surface area contributed by atoms with Crippen molar-refractivity contribution in [2.24, 2.45) is 0 Å². The van der Waals surface area contributed by atoms with Crippen LogP contribution in [0.5, 0.6) is 0 Å². The van der Waals surface area contributed by atoms with Gasteiger partial charge in [-0.05, 0) is 42.4 Å². The van der Waals surface area contributed by atoms with Gasteiger partial charge in [0.25, 0.3) is 5.92 Å². The highest BCUT2D eigenvalue weighted by Crippen LogP contribution is 2.62. The van der Waals surface area contributed by atoms with Crippen molar-refractivity contribution in [3.63, 3.8) is 0 Å². The van der Waals surface area contributed by atoms with Crippen molar-refractivity contribution in [1.82, 2.24) is 0 Å². The third kappa shape index (κ3) is 1.35. The quantitative estimate of drug-likeness (QED) is 0.878. The van der Waals surface area contributed by atoms with E-state index in [4.69, 9.17) is 0 Å². The number of aliphatic carboxylic acids is 1. The van der Waals surface area contributed by atoms with Gasteiger partial charge >= 0.3 is 5.97 Å². The van der Waals surface area contributed by atoms with Crippen molar-refractivity contribution in [1.29, 1.82) is 0 Å². The molecule has 1 saturated carbocycles. The van der Waals surface area contributed by atoms with Crippen molar-refractivity contribution < 1.29 is 18.7 Å². The van der Waals surface area contributed by atoms with E-state index in [0.29, 0.717) is 5.56 Å². The number of alkyl halides is 2. The van der Waals surface area contributed by atoms with Crippen LogP contribution < -0.4 is 0 Å². The van der Waals surface area contributed by atoms with Crippen LogP contribution in [0.4, 0.5) is 8.78 Å². The summed E-state index contributed by atoms with van der Waals surface area (Å²) in [5, 5.41) is 9.21. The molecule has 0 saturated heterocycles. The fourth-order valence-corrected chi connectivity index (χ4v) is 3.11. The van der Waals surface area contributed by atoms with E-state index in [-0.39, 0.29) is 0 Å². The highest BCUT2D eigenvalue weighted by atomic mass is 19.3. The van der Waals surface area contributed by atoms with E-state index in [1.54, 1.807) is 12.1 Å². The molecule has 1 aromatic carbocycles. The number of rotatable bonds is 2. The first kappa shape index (κ1) is 11.6. The summed E-state index contributed by atoms with van der Waals surface area (Å²) in [6.07, 6.45) is 3.02. The topological polar surface area (TPSA) is 37.3 Å². The minimum Gasteiger partial charge on any atom is -0.480 e. The van der Waals surface area contributed by atoms with Crippen molar-refractivity contribution in [3.8, 4) is 0 Å². The fourth-order valence-electron chi connectivity index (χ4n) is 3.11.